The van der Waals surface area contributed by atoms with Crippen molar-refractivity contribution in [2.45, 2.75) is 25.8 Å². The van der Waals surface area contributed by atoms with Crippen molar-refractivity contribution >= 4 is 23.2 Å². The van der Waals surface area contributed by atoms with Crippen LogP contribution < -0.4 is 4.90 Å². The van der Waals surface area contributed by atoms with E-state index in [2.05, 4.69) is 0 Å². The Labute approximate surface area is 160 Å². The molecule has 0 aromatic heterocycles. The second kappa shape index (κ2) is 8.68. The van der Waals surface area contributed by atoms with Crippen molar-refractivity contribution in [3.63, 3.8) is 0 Å². The molecule has 2 nitrogen and oxygen atoms in total. The number of nitrogens with zero attached hydrogens (tertiary/aromatic N) is 1. The summed E-state index contributed by atoms with van der Waals surface area (Å²) in [5.74, 6) is -0.133. The zero-order valence-electron chi connectivity index (χ0n) is 14.8. The van der Waals surface area contributed by atoms with E-state index in [1.165, 1.54) is 0 Å². The van der Waals surface area contributed by atoms with E-state index in [0.717, 1.165) is 23.2 Å². The highest BCUT2D eigenvalue weighted by molar-refractivity contribution is 6.33. The summed E-state index contributed by atoms with van der Waals surface area (Å²) >= 11 is 6.43. The molecule has 0 bridgehead atoms. The van der Waals surface area contributed by atoms with Crippen molar-refractivity contribution in [1.82, 2.24) is 0 Å². The van der Waals surface area contributed by atoms with Crippen molar-refractivity contribution in [3.05, 3.63) is 101 Å². The summed E-state index contributed by atoms with van der Waals surface area (Å²) in [7, 11) is 0. The monoisotopic (exact) mass is 363 g/mol. The molecule has 1 amide bonds. The zero-order valence-corrected chi connectivity index (χ0v) is 15.6. The number of carbonyl (C=O) groups excluding carboxylic acids is 1. The maximum absolute atomic E-state index is 13.5. The number of rotatable bonds is 6. The van der Waals surface area contributed by atoms with Gasteiger partial charge in [-0.15, -0.1) is 0 Å². The molecule has 0 N–H and O–H groups in total. The minimum Gasteiger partial charge on any atom is -0.306 e. The van der Waals surface area contributed by atoms with Gasteiger partial charge in [0.05, 0.1) is 23.2 Å². The molecule has 3 aromatic carbocycles. The maximum Gasteiger partial charge on any atom is 0.234 e. The fourth-order valence-corrected chi connectivity index (χ4v) is 3.38. The summed E-state index contributed by atoms with van der Waals surface area (Å²) in [6.07, 6.45) is 0.735. The highest BCUT2D eigenvalue weighted by Gasteiger charge is 2.26. The summed E-state index contributed by atoms with van der Waals surface area (Å²) in [6.45, 7) is 2.54. The van der Waals surface area contributed by atoms with Crippen LogP contribution in [0.25, 0.3) is 0 Å². The van der Waals surface area contributed by atoms with Gasteiger partial charge in [-0.1, -0.05) is 91.3 Å². The van der Waals surface area contributed by atoms with Crippen molar-refractivity contribution in [2.24, 2.45) is 0 Å². The third kappa shape index (κ3) is 4.14. The lowest BCUT2D eigenvalue weighted by atomic mass is 9.94. The fourth-order valence-electron chi connectivity index (χ4n) is 3.14. The summed E-state index contributed by atoms with van der Waals surface area (Å²) < 4.78 is 0. The minimum absolute atomic E-state index is 0.0654. The lowest BCUT2D eigenvalue weighted by molar-refractivity contribution is -0.120. The van der Waals surface area contributed by atoms with Crippen LogP contribution in [0.5, 0.6) is 0 Å². The number of amides is 1. The highest BCUT2D eigenvalue weighted by Crippen LogP contribution is 2.31. The molecule has 132 valence electrons. The first kappa shape index (κ1) is 18.2. The molecule has 0 aliphatic heterocycles. The number of hydrogen-bond donors (Lipinski definition) is 0. The van der Waals surface area contributed by atoms with Crippen LogP contribution in [0.4, 0.5) is 5.69 Å². The molecule has 1 unspecified atom stereocenters. The van der Waals surface area contributed by atoms with E-state index in [-0.39, 0.29) is 11.8 Å². The summed E-state index contributed by atoms with van der Waals surface area (Å²) in [5.41, 5.74) is 2.85. The van der Waals surface area contributed by atoms with Gasteiger partial charge in [0.25, 0.3) is 0 Å². The summed E-state index contributed by atoms with van der Waals surface area (Å²) in [4.78, 5) is 15.3. The van der Waals surface area contributed by atoms with Gasteiger partial charge in [-0.05, 0) is 29.7 Å². The molecule has 0 fully saturated rings. The predicted molar refractivity (Wildman–Crippen MR) is 109 cm³/mol. The second-order valence-electron chi connectivity index (χ2n) is 6.23. The lowest BCUT2D eigenvalue weighted by Crippen LogP contribution is -2.35. The van der Waals surface area contributed by atoms with Crippen molar-refractivity contribution in [2.75, 3.05) is 4.90 Å². The highest BCUT2D eigenvalue weighted by atomic mass is 35.5. The Morgan fingerprint density at radius 1 is 0.885 bits per heavy atom. The largest absolute Gasteiger partial charge is 0.306 e. The van der Waals surface area contributed by atoms with Crippen molar-refractivity contribution in [1.29, 1.82) is 0 Å². The molecule has 3 heteroatoms. The van der Waals surface area contributed by atoms with E-state index in [4.69, 9.17) is 11.6 Å². The van der Waals surface area contributed by atoms with E-state index in [1.807, 2.05) is 91.9 Å². The third-order valence-electron chi connectivity index (χ3n) is 4.50. The summed E-state index contributed by atoms with van der Waals surface area (Å²) in [5, 5.41) is 0.583. The first-order chi connectivity index (χ1) is 12.7. The predicted octanol–water partition coefficient (Wildman–Crippen LogP) is 6.07. The van der Waals surface area contributed by atoms with Crippen LogP contribution in [0.1, 0.15) is 30.4 Å². The molecular weight excluding hydrogens is 342 g/mol. The average Bonchev–Trinajstić information content (AvgIpc) is 2.69. The lowest BCUT2D eigenvalue weighted by Gasteiger charge is -2.28. The number of halogens is 1. The van der Waals surface area contributed by atoms with Gasteiger partial charge < -0.3 is 4.90 Å². The molecule has 0 spiro atoms. The third-order valence-corrected chi connectivity index (χ3v) is 4.82. The Hall–Kier alpha value is -2.58. The van der Waals surface area contributed by atoms with Crippen LogP contribution in [-0.4, -0.2) is 5.91 Å². The van der Waals surface area contributed by atoms with E-state index in [0.29, 0.717) is 11.6 Å². The number of para-hydroxylation sites is 1. The molecule has 0 radical (unpaired) electrons. The van der Waals surface area contributed by atoms with Gasteiger partial charge in [0.2, 0.25) is 5.91 Å². The van der Waals surface area contributed by atoms with Gasteiger partial charge in [-0.3, -0.25) is 4.79 Å². The van der Waals surface area contributed by atoms with Crippen LogP contribution in [-0.2, 0) is 11.3 Å². The maximum atomic E-state index is 13.5. The molecule has 0 heterocycles. The first-order valence-corrected chi connectivity index (χ1v) is 9.23. The molecule has 1 atom stereocenters. The van der Waals surface area contributed by atoms with Crippen molar-refractivity contribution < 1.29 is 4.79 Å². The van der Waals surface area contributed by atoms with Crippen LogP contribution in [0.15, 0.2) is 84.9 Å². The quantitative estimate of drug-likeness (QED) is 0.520. The van der Waals surface area contributed by atoms with Crippen LogP contribution in [0.2, 0.25) is 5.02 Å². The van der Waals surface area contributed by atoms with E-state index >= 15 is 0 Å². The minimum atomic E-state index is -0.198. The Balaban J connectivity index is 1.99. The molecule has 0 aliphatic rings. The molecule has 3 aromatic rings. The Kier molecular flexibility index (Phi) is 6.08. The molecule has 26 heavy (non-hydrogen) atoms. The topological polar surface area (TPSA) is 20.3 Å². The van der Waals surface area contributed by atoms with E-state index < -0.39 is 0 Å². The van der Waals surface area contributed by atoms with E-state index in [9.17, 15) is 4.79 Å². The number of anilines is 1. The van der Waals surface area contributed by atoms with Gasteiger partial charge in [-0.25, -0.2) is 0 Å². The SMILES string of the molecule is CCC(C(=O)N(Cc1ccccc1)c1ccccc1Cl)c1ccccc1. The van der Waals surface area contributed by atoms with Crippen molar-refractivity contribution in [3.8, 4) is 0 Å². The van der Waals surface area contributed by atoms with Crippen LogP contribution >= 0.6 is 11.6 Å². The van der Waals surface area contributed by atoms with Crippen LogP contribution in [0, 0.1) is 0 Å². The van der Waals surface area contributed by atoms with Gasteiger partial charge in [-0.2, -0.15) is 0 Å². The zero-order chi connectivity index (χ0) is 18.4. The standard InChI is InChI=1S/C23H22ClNO/c1-2-20(19-13-7-4-8-14-19)23(26)25(17-18-11-5-3-6-12-18)22-16-10-9-15-21(22)24/h3-16,20H,2,17H2,1H3. The molecule has 0 aliphatic carbocycles. The second-order valence-corrected chi connectivity index (χ2v) is 6.64. The van der Waals surface area contributed by atoms with Gasteiger partial charge in [0.1, 0.15) is 0 Å². The Morgan fingerprint density at radius 3 is 2.08 bits per heavy atom. The average molecular weight is 364 g/mol. The van der Waals surface area contributed by atoms with E-state index in [1.54, 1.807) is 4.90 Å². The van der Waals surface area contributed by atoms with Gasteiger partial charge in [0, 0.05) is 0 Å². The summed E-state index contributed by atoms with van der Waals surface area (Å²) in [6, 6.07) is 27.5. The normalized spacial score (nSPS) is 11.8. The fraction of sp³-hybridized carbons (Fsp3) is 0.174. The molecule has 0 saturated heterocycles. The smallest absolute Gasteiger partial charge is 0.234 e. The molecular formula is C23H22ClNO. The molecule has 0 saturated carbocycles. The molecule has 3 rings (SSSR count). The Morgan fingerprint density at radius 2 is 1.46 bits per heavy atom. The van der Waals surface area contributed by atoms with Gasteiger partial charge in [0.15, 0.2) is 0 Å². The van der Waals surface area contributed by atoms with Gasteiger partial charge >= 0.3 is 0 Å². The first-order valence-electron chi connectivity index (χ1n) is 8.85. The Bertz CT molecular complexity index is 848. The number of benzene rings is 3. The number of carbonyl (C=O) groups is 1. The number of hydrogen-bond acceptors (Lipinski definition) is 1. The van der Waals surface area contributed by atoms with Crippen LogP contribution in [0.3, 0.4) is 0 Å².